The Kier molecular flexibility index (Phi) is 5.47. The number of nitro benzene ring substituents is 1. The number of nitro groups is 1. The fourth-order valence-corrected chi connectivity index (χ4v) is 4.15. The molecule has 7 heteroatoms. The quantitative estimate of drug-likeness (QED) is 0.346. The molecule has 1 aliphatic heterocycles. The molecule has 2 heterocycles. The summed E-state index contributed by atoms with van der Waals surface area (Å²) < 4.78 is 0. The summed E-state index contributed by atoms with van der Waals surface area (Å²) in [6.45, 7) is 4.56. The lowest BCUT2D eigenvalue weighted by Crippen LogP contribution is -2.46. The molecule has 0 unspecified atom stereocenters. The molecule has 1 aliphatic rings. The van der Waals surface area contributed by atoms with Gasteiger partial charge in [0.05, 0.1) is 10.4 Å². The number of rotatable bonds is 5. The molecule has 0 spiro atoms. The molecule has 1 fully saturated rings. The Morgan fingerprint density at radius 2 is 1.59 bits per heavy atom. The van der Waals surface area contributed by atoms with Crippen molar-refractivity contribution in [2.45, 2.75) is 6.54 Å². The minimum atomic E-state index is -0.391. The van der Waals surface area contributed by atoms with Crippen molar-refractivity contribution < 1.29 is 4.92 Å². The van der Waals surface area contributed by atoms with Crippen LogP contribution in [0.15, 0.2) is 78.9 Å². The van der Waals surface area contributed by atoms with Gasteiger partial charge in [0, 0.05) is 55.8 Å². The van der Waals surface area contributed by atoms with Crippen molar-refractivity contribution in [2.24, 2.45) is 0 Å². The third kappa shape index (κ3) is 4.15. The fourth-order valence-electron chi connectivity index (χ4n) is 4.15. The van der Waals surface area contributed by atoms with Crippen molar-refractivity contribution in [1.82, 2.24) is 14.9 Å². The van der Waals surface area contributed by atoms with Gasteiger partial charge in [0.1, 0.15) is 5.82 Å². The van der Waals surface area contributed by atoms with Crippen molar-refractivity contribution in [3.63, 3.8) is 0 Å². The summed E-state index contributed by atoms with van der Waals surface area (Å²) in [5, 5.41) is 12.2. The summed E-state index contributed by atoms with van der Waals surface area (Å²) in [4.78, 5) is 25.2. The van der Waals surface area contributed by atoms with E-state index >= 15 is 0 Å². The van der Waals surface area contributed by atoms with Gasteiger partial charge in [-0.05, 0) is 17.7 Å². The maximum atomic E-state index is 11.2. The van der Waals surface area contributed by atoms with E-state index in [-0.39, 0.29) is 5.69 Å². The number of nitrogens with zero attached hydrogens (tertiary/aromatic N) is 5. The first-order chi connectivity index (χ1) is 15.7. The van der Waals surface area contributed by atoms with Crippen LogP contribution in [-0.4, -0.2) is 46.0 Å². The van der Waals surface area contributed by atoms with Gasteiger partial charge in [-0.2, -0.15) is 0 Å². The van der Waals surface area contributed by atoms with Gasteiger partial charge in [-0.15, -0.1) is 0 Å². The first kappa shape index (κ1) is 20.1. The van der Waals surface area contributed by atoms with Crippen molar-refractivity contribution in [3.8, 4) is 11.4 Å². The summed E-state index contributed by atoms with van der Waals surface area (Å²) in [7, 11) is 0. The van der Waals surface area contributed by atoms with Crippen LogP contribution in [0.2, 0.25) is 0 Å². The third-order valence-corrected chi connectivity index (χ3v) is 5.82. The minimum Gasteiger partial charge on any atom is -0.353 e. The number of piperazine rings is 1. The normalized spacial score (nSPS) is 14.6. The van der Waals surface area contributed by atoms with Crippen LogP contribution in [0.25, 0.3) is 22.3 Å². The van der Waals surface area contributed by atoms with Crippen LogP contribution in [-0.2, 0) is 6.54 Å². The summed E-state index contributed by atoms with van der Waals surface area (Å²) >= 11 is 0. The van der Waals surface area contributed by atoms with Gasteiger partial charge in [-0.25, -0.2) is 9.97 Å². The van der Waals surface area contributed by atoms with Crippen LogP contribution in [0, 0.1) is 10.1 Å². The smallest absolute Gasteiger partial charge is 0.270 e. The Balaban J connectivity index is 1.44. The zero-order valence-electron chi connectivity index (χ0n) is 17.6. The molecule has 4 aromatic rings. The second-order valence-electron chi connectivity index (χ2n) is 7.94. The summed E-state index contributed by atoms with van der Waals surface area (Å²) in [5.74, 6) is 1.39. The Bertz CT molecular complexity index is 1250. The van der Waals surface area contributed by atoms with Gasteiger partial charge in [-0.1, -0.05) is 54.6 Å². The van der Waals surface area contributed by atoms with Crippen LogP contribution in [0.4, 0.5) is 11.5 Å². The van der Waals surface area contributed by atoms with Crippen molar-refractivity contribution >= 4 is 22.4 Å². The molecule has 1 saturated heterocycles. The van der Waals surface area contributed by atoms with E-state index in [0.29, 0.717) is 11.4 Å². The number of benzene rings is 3. The fraction of sp³-hybridized carbons (Fsp3) is 0.200. The Morgan fingerprint density at radius 1 is 0.844 bits per heavy atom. The topological polar surface area (TPSA) is 75.4 Å². The molecule has 0 bridgehead atoms. The molecule has 32 heavy (non-hydrogen) atoms. The molecule has 0 N–H and O–H groups in total. The molecular weight excluding hydrogens is 402 g/mol. The maximum Gasteiger partial charge on any atom is 0.270 e. The van der Waals surface area contributed by atoms with Gasteiger partial charge < -0.3 is 4.90 Å². The lowest BCUT2D eigenvalue weighted by molar-refractivity contribution is -0.384. The lowest BCUT2D eigenvalue weighted by atomic mass is 10.1. The van der Waals surface area contributed by atoms with Gasteiger partial charge in [0.2, 0.25) is 0 Å². The number of fused-ring (bicyclic) bond motifs is 1. The highest BCUT2D eigenvalue weighted by Gasteiger charge is 2.21. The van der Waals surface area contributed by atoms with Gasteiger partial charge >= 0.3 is 0 Å². The van der Waals surface area contributed by atoms with Gasteiger partial charge in [-0.3, -0.25) is 15.0 Å². The zero-order chi connectivity index (χ0) is 21.9. The predicted molar refractivity (Wildman–Crippen MR) is 126 cm³/mol. The van der Waals surface area contributed by atoms with Crippen LogP contribution in [0.1, 0.15) is 5.56 Å². The molecule has 0 radical (unpaired) electrons. The number of hydrogen-bond donors (Lipinski definition) is 0. The average molecular weight is 425 g/mol. The molecule has 0 amide bonds. The number of aromatic nitrogens is 2. The molecule has 0 atom stereocenters. The monoisotopic (exact) mass is 425 g/mol. The molecular formula is C25H23N5O2. The maximum absolute atomic E-state index is 11.2. The number of non-ortho nitro benzene ring substituents is 1. The average Bonchev–Trinajstić information content (AvgIpc) is 2.84. The molecule has 1 aromatic heterocycles. The van der Waals surface area contributed by atoms with Gasteiger partial charge in [0.25, 0.3) is 5.69 Å². The Hall–Kier alpha value is -3.84. The summed E-state index contributed by atoms with van der Waals surface area (Å²) in [6, 6.07) is 25.0. The predicted octanol–water partition coefficient (Wildman–Crippen LogP) is 4.53. The van der Waals surface area contributed by atoms with Gasteiger partial charge in [0.15, 0.2) is 5.82 Å². The number of anilines is 1. The largest absolute Gasteiger partial charge is 0.353 e. The highest BCUT2D eigenvalue weighted by Crippen LogP contribution is 2.29. The molecule has 7 nitrogen and oxygen atoms in total. The molecule has 0 saturated carbocycles. The summed E-state index contributed by atoms with van der Waals surface area (Å²) in [6.07, 6.45) is 0. The molecule has 5 rings (SSSR count). The minimum absolute atomic E-state index is 0.0373. The Morgan fingerprint density at radius 3 is 2.38 bits per heavy atom. The van der Waals surface area contributed by atoms with E-state index in [0.717, 1.165) is 49.4 Å². The van der Waals surface area contributed by atoms with Crippen molar-refractivity contribution in [2.75, 3.05) is 31.1 Å². The first-order valence-corrected chi connectivity index (χ1v) is 10.7. The van der Waals surface area contributed by atoms with Crippen LogP contribution in [0.5, 0.6) is 0 Å². The van der Waals surface area contributed by atoms with E-state index in [4.69, 9.17) is 9.97 Å². The van der Waals surface area contributed by atoms with E-state index in [1.165, 1.54) is 17.7 Å². The first-order valence-electron chi connectivity index (χ1n) is 10.7. The van der Waals surface area contributed by atoms with Crippen molar-refractivity contribution in [3.05, 3.63) is 94.5 Å². The third-order valence-electron chi connectivity index (χ3n) is 5.82. The van der Waals surface area contributed by atoms with E-state index < -0.39 is 4.92 Å². The Labute approximate surface area is 186 Å². The second kappa shape index (κ2) is 8.72. The van der Waals surface area contributed by atoms with Crippen LogP contribution < -0.4 is 4.90 Å². The van der Waals surface area contributed by atoms with Crippen LogP contribution >= 0.6 is 0 Å². The van der Waals surface area contributed by atoms with Crippen LogP contribution in [0.3, 0.4) is 0 Å². The van der Waals surface area contributed by atoms with E-state index in [1.807, 2.05) is 36.4 Å². The highest BCUT2D eigenvalue weighted by atomic mass is 16.6. The standard InChI is InChI=1S/C25H23N5O2/c31-30(32)21-10-6-9-20(17-21)24-26-23-12-5-4-11-22(23)25(27-24)29-15-13-28(14-16-29)18-19-7-2-1-3-8-19/h1-12,17H,13-16,18H2. The van der Waals surface area contributed by atoms with E-state index in [1.54, 1.807) is 6.07 Å². The summed E-state index contributed by atoms with van der Waals surface area (Å²) in [5.41, 5.74) is 2.84. The number of para-hydroxylation sites is 1. The second-order valence-corrected chi connectivity index (χ2v) is 7.94. The van der Waals surface area contributed by atoms with E-state index in [2.05, 4.69) is 34.1 Å². The molecule has 160 valence electrons. The molecule has 3 aromatic carbocycles. The SMILES string of the molecule is O=[N+]([O-])c1cccc(-c2nc(N3CCN(Cc4ccccc4)CC3)c3ccccc3n2)c1. The molecule has 0 aliphatic carbocycles. The van der Waals surface area contributed by atoms with Crippen molar-refractivity contribution in [1.29, 1.82) is 0 Å². The lowest BCUT2D eigenvalue weighted by Gasteiger charge is -2.36. The van der Waals surface area contributed by atoms with E-state index in [9.17, 15) is 10.1 Å². The number of hydrogen-bond acceptors (Lipinski definition) is 6. The zero-order valence-corrected chi connectivity index (χ0v) is 17.6. The highest BCUT2D eigenvalue weighted by molar-refractivity contribution is 5.91.